The molecule has 138 valence electrons. The highest BCUT2D eigenvalue weighted by atomic mass is 16.5. The predicted octanol–water partition coefficient (Wildman–Crippen LogP) is 3.53. The maximum Gasteiger partial charge on any atom is 0.298 e. The van der Waals surface area contributed by atoms with Crippen LogP contribution in [0.2, 0.25) is 0 Å². The van der Waals surface area contributed by atoms with Crippen LogP contribution in [0.15, 0.2) is 22.6 Å². The number of anilines is 1. The lowest BCUT2D eigenvalue weighted by Crippen LogP contribution is -2.29. The fourth-order valence-electron chi connectivity index (χ4n) is 3.50. The molecule has 1 atom stereocenters. The molecular weight excluding hydrogens is 314 g/mol. The van der Waals surface area contributed by atoms with E-state index in [4.69, 9.17) is 14.1 Å². The van der Waals surface area contributed by atoms with Crippen molar-refractivity contribution in [2.24, 2.45) is 5.92 Å². The summed E-state index contributed by atoms with van der Waals surface area (Å²) in [5.41, 5.74) is 3.21. The summed E-state index contributed by atoms with van der Waals surface area (Å²) in [5, 5.41) is 0. The van der Waals surface area contributed by atoms with Crippen molar-refractivity contribution < 1.29 is 9.15 Å². The predicted molar refractivity (Wildman–Crippen MR) is 102 cm³/mol. The fraction of sp³-hybridized carbons (Fsp3) is 0.650. The van der Waals surface area contributed by atoms with E-state index in [9.17, 15) is 0 Å². The van der Waals surface area contributed by atoms with Gasteiger partial charge in [-0.25, -0.2) is 0 Å². The summed E-state index contributed by atoms with van der Waals surface area (Å²) in [6, 6.07) is 7.05. The molecule has 0 radical (unpaired) electrons. The zero-order valence-corrected chi connectivity index (χ0v) is 16.2. The number of fused-ring (bicyclic) bond motifs is 1. The molecule has 2 aromatic rings. The van der Waals surface area contributed by atoms with Gasteiger partial charge in [0.2, 0.25) is 0 Å². The molecule has 1 aliphatic heterocycles. The third kappa shape index (κ3) is 4.33. The number of oxazole rings is 1. The summed E-state index contributed by atoms with van der Waals surface area (Å²) < 4.78 is 11.2. The fourth-order valence-corrected chi connectivity index (χ4v) is 3.50. The Labute approximate surface area is 150 Å². The van der Waals surface area contributed by atoms with Crippen LogP contribution >= 0.6 is 0 Å². The topological polar surface area (TPSA) is 41.7 Å². The Morgan fingerprint density at radius 1 is 1.36 bits per heavy atom. The highest BCUT2D eigenvalue weighted by molar-refractivity contribution is 5.75. The third-order valence-electron chi connectivity index (χ3n) is 5.08. The standard InChI is InChI=1S/C20H31N3O2/c1-20(2,3)16-6-7-18-17(12-16)21-19(25-18)22(4)13-15-8-9-23(14-15)10-11-24-5/h6-7,12,15H,8-11,13-14H2,1-5H3. The smallest absolute Gasteiger partial charge is 0.298 e. The molecule has 0 saturated carbocycles. The molecule has 1 unspecified atom stereocenters. The van der Waals surface area contributed by atoms with Gasteiger partial charge in [0.05, 0.1) is 6.61 Å². The Balaban J connectivity index is 1.65. The van der Waals surface area contributed by atoms with Crippen molar-refractivity contribution in [1.82, 2.24) is 9.88 Å². The van der Waals surface area contributed by atoms with E-state index in [1.54, 1.807) is 7.11 Å². The Morgan fingerprint density at radius 2 is 2.16 bits per heavy atom. The van der Waals surface area contributed by atoms with Crippen molar-refractivity contribution in [3.63, 3.8) is 0 Å². The van der Waals surface area contributed by atoms with Gasteiger partial charge in [-0.1, -0.05) is 26.8 Å². The molecular formula is C20H31N3O2. The molecule has 0 spiro atoms. The first-order valence-electron chi connectivity index (χ1n) is 9.20. The molecule has 5 nitrogen and oxygen atoms in total. The second kappa shape index (κ2) is 7.34. The lowest BCUT2D eigenvalue weighted by Gasteiger charge is -2.20. The molecule has 5 heteroatoms. The molecule has 0 amide bonds. The Hall–Kier alpha value is -1.59. The molecule has 0 bridgehead atoms. The minimum absolute atomic E-state index is 0.120. The van der Waals surface area contributed by atoms with Crippen molar-refractivity contribution in [1.29, 1.82) is 0 Å². The van der Waals surface area contributed by atoms with E-state index in [0.29, 0.717) is 5.92 Å². The first kappa shape index (κ1) is 18.2. The van der Waals surface area contributed by atoms with Gasteiger partial charge < -0.3 is 19.0 Å². The molecule has 1 aliphatic rings. The maximum atomic E-state index is 5.98. The molecule has 1 aromatic carbocycles. The van der Waals surface area contributed by atoms with Crippen LogP contribution in [0.4, 0.5) is 6.01 Å². The van der Waals surface area contributed by atoms with Gasteiger partial charge in [0, 0.05) is 33.8 Å². The summed E-state index contributed by atoms with van der Waals surface area (Å²) >= 11 is 0. The van der Waals surface area contributed by atoms with E-state index in [0.717, 1.165) is 49.9 Å². The third-order valence-corrected chi connectivity index (χ3v) is 5.08. The highest BCUT2D eigenvalue weighted by Gasteiger charge is 2.25. The van der Waals surface area contributed by atoms with Gasteiger partial charge in [-0.3, -0.25) is 0 Å². The van der Waals surface area contributed by atoms with Crippen molar-refractivity contribution in [3.05, 3.63) is 23.8 Å². The van der Waals surface area contributed by atoms with Crippen molar-refractivity contribution in [2.75, 3.05) is 51.8 Å². The Kier molecular flexibility index (Phi) is 5.35. The second-order valence-corrected chi connectivity index (χ2v) is 8.26. The highest BCUT2D eigenvalue weighted by Crippen LogP contribution is 2.29. The van der Waals surface area contributed by atoms with E-state index >= 15 is 0 Å². The van der Waals surface area contributed by atoms with E-state index in [1.807, 2.05) is 6.07 Å². The average Bonchev–Trinajstić information content (AvgIpc) is 3.17. The first-order chi connectivity index (χ1) is 11.9. The van der Waals surface area contributed by atoms with Gasteiger partial charge in [-0.15, -0.1) is 0 Å². The summed E-state index contributed by atoms with van der Waals surface area (Å²) in [6.45, 7) is 11.7. The van der Waals surface area contributed by atoms with E-state index in [2.05, 4.69) is 49.8 Å². The minimum atomic E-state index is 0.120. The van der Waals surface area contributed by atoms with Crippen LogP contribution in [0.5, 0.6) is 0 Å². The number of hydrogen-bond acceptors (Lipinski definition) is 5. The molecule has 3 rings (SSSR count). The van der Waals surface area contributed by atoms with Crippen LogP contribution in [0.25, 0.3) is 11.1 Å². The maximum absolute atomic E-state index is 5.98. The molecule has 1 aromatic heterocycles. The molecule has 1 saturated heterocycles. The van der Waals surface area contributed by atoms with Crippen LogP contribution in [0.1, 0.15) is 32.8 Å². The monoisotopic (exact) mass is 345 g/mol. The Bertz CT molecular complexity index is 705. The normalized spacial score (nSPS) is 19.0. The van der Waals surface area contributed by atoms with Crippen LogP contribution in [-0.2, 0) is 10.2 Å². The van der Waals surface area contributed by atoms with Crippen LogP contribution in [0, 0.1) is 5.92 Å². The van der Waals surface area contributed by atoms with Crippen LogP contribution in [-0.4, -0.2) is 56.8 Å². The second-order valence-electron chi connectivity index (χ2n) is 8.26. The SMILES string of the molecule is COCCN1CCC(CN(C)c2nc3cc(C(C)(C)C)ccc3o2)C1. The average molecular weight is 345 g/mol. The number of nitrogens with zero attached hydrogens (tertiary/aromatic N) is 3. The number of methoxy groups -OCH3 is 1. The van der Waals surface area contributed by atoms with Crippen molar-refractivity contribution in [3.8, 4) is 0 Å². The summed E-state index contributed by atoms with van der Waals surface area (Å²) in [4.78, 5) is 9.35. The van der Waals surface area contributed by atoms with Crippen molar-refractivity contribution >= 4 is 17.1 Å². The summed E-state index contributed by atoms with van der Waals surface area (Å²) in [7, 11) is 3.84. The lowest BCUT2D eigenvalue weighted by atomic mass is 9.87. The van der Waals surface area contributed by atoms with E-state index in [1.165, 1.54) is 12.0 Å². The minimum Gasteiger partial charge on any atom is -0.423 e. The van der Waals surface area contributed by atoms with Crippen LogP contribution < -0.4 is 4.90 Å². The van der Waals surface area contributed by atoms with Gasteiger partial charge >= 0.3 is 0 Å². The zero-order valence-electron chi connectivity index (χ0n) is 16.2. The Morgan fingerprint density at radius 3 is 2.88 bits per heavy atom. The molecule has 25 heavy (non-hydrogen) atoms. The number of rotatable bonds is 6. The van der Waals surface area contributed by atoms with Gasteiger partial charge in [0.25, 0.3) is 6.01 Å². The number of ether oxygens (including phenoxy) is 1. The van der Waals surface area contributed by atoms with Crippen molar-refractivity contribution in [2.45, 2.75) is 32.6 Å². The zero-order chi connectivity index (χ0) is 18.0. The largest absolute Gasteiger partial charge is 0.423 e. The van der Waals surface area contributed by atoms with E-state index < -0.39 is 0 Å². The number of benzene rings is 1. The molecule has 1 fully saturated rings. The summed E-state index contributed by atoms with van der Waals surface area (Å²) in [6.07, 6.45) is 1.22. The van der Waals surface area contributed by atoms with Gasteiger partial charge in [0.1, 0.15) is 5.52 Å². The van der Waals surface area contributed by atoms with Crippen LogP contribution in [0.3, 0.4) is 0 Å². The quantitative estimate of drug-likeness (QED) is 0.801. The summed E-state index contributed by atoms with van der Waals surface area (Å²) in [5.74, 6) is 0.655. The molecule has 0 N–H and O–H groups in total. The first-order valence-corrected chi connectivity index (χ1v) is 9.20. The number of hydrogen-bond donors (Lipinski definition) is 0. The molecule has 0 aliphatic carbocycles. The van der Waals surface area contributed by atoms with E-state index in [-0.39, 0.29) is 5.41 Å². The number of aromatic nitrogens is 1. The van der Waals surface area contributed by atoms with Gasteiger partial charge in [-0.2, -0.15) is 4.98 Å². The lowest BCUT2D eigenvalue weighted by molar-refractivity contribution is 0.159. The van der Waals surface area contributed by atoms with Gasteiger partial charge in [0.15, 0.2) is 5.58 Å². The number of likely N-dealkylation sites (tertiary alicyclic amines) is 1. The van der Waals surface area contributed by atoms with Gasteiger partial charge in [-0.05, 0) is 42.0 Å². The molecule has 2 heterocycles.